The second-order valence-corrected chi connectivity index (χ2v) is 6.80. The number of aryl methyl sites for hydroxylation is 1. The van der Waals surface area contributed by atoms with E-state index >= 15 is 0 Å². The average Bonchev–Trinajstić information content (AvgIpc) is 2.74. The molecule has 0 aliphatic heterocycles. The van der Waals surface area contributed by atoms with E-state index in [0.29, 0.717) is 5.69 Å². The quantitative estimate of drug-likeness (QED) is 0.455. The second kappa shape index (κ2) is 8.77. The van der Waals surface area contributed by atoms with Gasteiger partial charge in [-0.15, -0.1) is 0 Å². The van der Waals surface area contributed by atoms with Gasteiger partial charge < -0.3 is 15.0 Å². The Kier molecular flexibility index (Phi) is 6.15. The Labute approximate surface area is 174 Å². The van der Waals surface area contributed by atoms with Crippen LogP contribution in [0, 0.1) is 17.0 Å². The Morgan fingerprint density at radius 1 is 1.17 bits per heavy atom. The number of methoxy groups -OCH3 is 1. The third-order valence-corrected chi connectivity index (χ3v) is 4.99. The average molecular weight is 408 g/mol. The minimum absolute atomic E-state index is 0.105. The van der Waals surface area contributed by atoms with Crippen LogP contribution in [-0.4, -0.2) is 36.0 Å². The molecule has 3 aromatic rings. The Morgan fingerprint density at radius 2 is 1.90 bits per heavy atom. The van der Waals surface area contributed by atoms with Crippen molar-refractivity contribution in [3.05, 3.63) is 63.7 Å². The van der Waals surface area contributed by atoms with Crippen molar-refractivity contribution in [2.24, 2.45) is 0 Å². The molecule has 0 unspecified atom stereocenters. The van der Waals surface area contributed by atoms with Gasteiger partial charge in [-0.25, -0.2) is 4.98 Å². The van der Waals surface area contributed by atoms with Gasteiger partial charge in [0.25, 0.3) is 5.91 Å². The summed E-state index contributed by atoms with van der Waals surface area (Å²) in [4.78, 5) is 30.2. The summed E-state index contributed by atoms with van der Waals surface area (Å²) in [5.74, 6) is 0.589. The molecule has 0 saturated heterocycles. The molecular formula is C22H24N4O4. The van der Waals surface area contributed by atoms with E-state index in [4.69, 9.17) is 9.72 Å². The van der Waals surface area contributed by atoms with Gasteiger partial charge in [0.2, 0.25) is 0 Å². The number of nitro groups is 1. The maximum atomic E-state index is 12.6. The zero-order valence-electron chi connectivity index (χ0n) is 17.4. The molecule has 0 spiro atoms. The van der Waals surface area contributed by atoms with Gasteiger partial charge in [-0.1, -0.05) is 0 Å². The molecule has 156 valence electrons. The molecule has 0 atom stereocenters. The van der Waals surface area contributed by atoms with Gasteiger partial charge in [0, 0.05) is 35.8 Å². The van der Waals surface area contributed by atoms with Crippen molar-refractivity contribution in [2.45, 2.75) is 20.8 Å². The van der Waals surface area contributed by atoms with Gasteiger partial charge in [-0.05, 0) is 62.7 Å². The van der Waals surface area contributed by atoms with Crippen LogP contribution in [0.4, 0.5) is 17.2 Å². The summed E-state index contributed by atoms with van der Waals surface area (Å²) in [7, 11) is 1.35. The predicted octanol–water partition coefficient (Wildman–Crippen LogP) is 4.56. The Hall–Kier alpha value is -3.68. The molecule has 1 amide bonds. The van der Waals surface area contributed by atoms with Crippen LogP contribution in [-0.2, 0) is 0 Å². The van der Waals surface area contributed by atoms with Gasteiger partial charge in [0.1, 0.15) is 5.82 Å². The Balaban J connectivity index is 1.90. The summed E-state index contributed by atoms with van der Waals surface area (Å²) in [6, 6.07) is 11.6. The van der Waals surface area contributed by atoms with E-state index in [0.717, 1.165) is 35.4 Å². The van der Waals surface area contributed by atoms with Crippen LogP contribution in [0.15, 0.2) is 42.5 Å². The molecule has 8 heteroatoms. The number of anilines is 2. The highest BCUT2D eigenvalue weighted by Gasteiger charge is 2.18. The number of carbonyl (C=O) groups excluding carboxylic acids is 1. The molecule has 0 aliphatic rings. The van der Waals surface area contributed by atoms with E-state index in [1.165, 1.54) is 25.3 Å². The minimum Gasteiger partial charge on any atom is -0.490 e. The van der Waals surface area contributed by atoms with Crippen molar-refractivity contribution in [2.75, 3.05) is 30.4 Å². The molecule has 0 radical (unpaired) electrons. The van der Waals surface area contributed by atoms with Gasteiger partial charge >= 0.3 is 5.69 Å². The van der Waals surface area contributed by atoms with Gasteiger partial charge in [-0.2, -0.15) is 0 Å². The Bertz CT molecular complexity index is 1110. The standard InChI is InChI=1S/C22H24N4O4/c1-5-25(6-2)21-11-14(3)17-13-16(8-9-18(17)24-21)23-22(27)15-7-10-20(30-4)19(12-15)26(28)29/h7-13H,5-6H2,1-4H3,(H,23,27). The normalized spacial score (nSPS) is 10.7. The maximum Gasteiger partial charge on any atom is 0.311 e. The van der Waals surface area contributed by atoms with E-state index in [9.17, 15) is 14.9 Å². The number of nitrogens with zero attached hydrogens (tertiary/aromatic N) is 3. The lowest BCUT2D eigenvalue weighted by atomic mass is 10.1. The monoisotopic (exact) mass is 408 g/mol. The molecule has 8 nitrogen and oxygen atoms in total. The third kappa shape index (κ3) is 4.17. The van der Waals surface area contributed by atoms with Crippen LogP contribution >= 0.6 is 0 Å². The summed E-state index contributed by atoms with van der Waals surface area (Å²) in [6.07, 6.45) is 0. The van der Waals surface area contributed by atoms with E-state index < -0.39 is 10.8 Å². The fraction of sp³-hybridized carbons (Fsp3) is 0.273. The van der Waals surface area contributed by atoms with Gasteiger partial charge in [0.15, 0.2) is 5.75 Å². The van der Waals surface area contributed by atoms with Crippen LogP contribution < -0.4 is 15.0 Å². The van der Waals surface area contributed by atoms with Crippen LogP contribution in [0.2, 0.25) is 0 Å². The van der Waals surface area contributed by atoms with Gasteiger partial charge in [0.05, 0.1) is 17.5 Å². The van der Waals surface area contributed by atoms with Crippen LogP contribution in [0.3, 0.4) is 0 Å². The summed E-state index contributed by atoms with van der Waals surface area (Å²) in [5.41, 5.74) is 2.40. The largest absolute Gasteiger partial charge is 0.490 e. The van der Waals surface area contributed by atoms with E-state index in [1.807, 2.05) is 25.1 Å². The molecule has 0 fully saturated rings. The lowest BCUT2D eigenvalue weighted by Gasteiger charge is -2.21. The molecule has 2 aromatic carbocycles. The molecule has 1 N–H and O–H groups in total. The number of pyridine rings is 1. The van der Waals surface area contributed by atoms with Crippen molar-refractivity contribution >= 4 is 34.0 Å². The molecule has 1 aromatic heterocycles. The molecule has 0 bridgehead atoms. The third-order valence-electron chi connectivity index (χ3n) is 4.99. The van der Waals surface area contributed by atoms with E-state index in [-0.39, 0.29) is 17.0 Å². The SMILES string of the molecule is CCN(CC)c1cc(C)c2cc(NC(=O)c3ccc(OC)c([N+](=O)[O-])c3)ccc2n1. The smallest absolute Gasteiger partial charge is 0.311 e. The van der Waals surface area contributed by atoms with E-state index in [2.05, 4.69) is 24.1 Å². The Morgan fingerprint density at radius 3 is 2.53 bits per heavy atom. The number of benzene rings is 2. The molecule has 3 rings (SSSR count). The highest BCUT2D eigenvalue weighted by Crippen LogP contribution is 2.29. The summed E-state index contributed by atoms with van der Waals surface area (Å²) >= 11 is 0. The van der Waals surface area contributed by atoms with Crippen molar-refractivity contribution in [3.8, 4) is 5.75 Å². The number of nitrogens with one attached hydrogen (secondary N) is 1. The number of fused-ring (bicyclic) bond motifs is 1. The summed E-state index contributed by atoms with van der Waals surface area (Å²) < 4.78 is 4.98. The van der Waals surface area contributed by atoms with Crippen molar-refractivity contribution < 1.29 is 14.5 Å². The number of carbonyl (C=O) groups is 1. The summed E-state index contributed by atoms with van der Waals surface area (Å²) in [5, 5.41) is 14.9. The number of hydrogen-bond acceptors (Lipinski definition) is 6. The zero-order valence-corrected chi connectivity index (χ0v) is 17.4. The van der Waals surface area contributed by atoms with Crippen molar-refractivity contribution in [1.82, 2.24) is 4.98 Å². The maximum absolute atomic E-state index is 12.6. The zero-order chi connectivity index (χ0) is 21.8. The van der Waals surface area contributed by atoms with Crippen LogP contribution in [0.1, 0.15) is 29.8 Å². The van der Waals surface area contributed by atoms with Crippen LogP contribution in [0.5, 0.6) is 5.75 Å². The first-order chi connectivity index (χ1) is 14.4. The lowest BCUT2D eigenvalue weighted by Crippen LogP contribution is -2.23. The minimum atomic E-state index is -0.575. The molecule has 0 saturated carbocycles. The summed E-state index contributed by atoms with van der Waals surface area (Å²) in [6.45, 7) is 7.93. The lowest BCUT2D eigenvalue weighted by molar-refractivity contribution is -0.385. The topological polar surface area (TPSA) is 97.6 Å². The second-order valence-electron chi connectivity index (χ2n) is 6.80. The molecular weight excluding hydrogens is 384 g/mol. The van der Waals surface area contributed by atoms with Crippen molar-refractivity contribution in [1.29, 1.82) is 0 Å². The first kappa shape index (κ1) is 21.0. The number of nitro benzene ring substituents is 1. The number of hydrogen-bond donors (Lipinski definition) is 1. The highest BCUT2D eigenvalue weighted by molar-refractivity contribution is 6.05. The van der Waals surface area contributed by atoms with E-state index in [1.54, 1.807) is 6.07 Å². The number of amides is 1. The highest BCUT2D eigenvalue weighted by atomic mass is 16.6. The molecule has 1 heterocycles. The number of aromatic nitrogens is 1. The molecule has 30 heavy (non-hydrogen) atoms. The number of rotatable bonds is 7. The predicted molar refractivity (Wildman–Crippen MR) is 118 cm³/mol. The first-order valence-electron chi connectivity index (χ1n) is 9.68. The van der Waals surface area contributed by atoms with Gasteiger partial charge in [-0.3, -0.25) is 14.9 Å². The van der Waals surface area contributed by atoms with Crippen molar-refractivity contribution in [3.63, 3.8) is 0 Å². The number of ether oxygens (including phenoxy) is 1. The van der Waals surface area contributed by atoms with Crippen LogP contribution in [0.25, 0.3) is 10.9 Å². The molecule has 0 aliphatic carbocycles. The fourth-order valence-corrected chi connectivity index (χ4v) is 3.34. The first-order valence-corrected chi connectivity index (χ1v) is 9.68. The fourth-order valence-electron chi connectivity index (χ4n) is 3.34.